The first kappa shape index (κ1) is 13.1. The Bertz CT molecular complexity index is 827. The number of nitro benzene ring substituents is 1. The van der Waals surface area contributed by atoms with Crippen molar-refractivity contribution in [3.63, 3.8) is 0 Å². The standard InChI is InChI=1S/C17H13NO3/c1-21-17-8-7-14-9-13(5-6-15(14)11-17)12-3-2-4-16(10-12)18(19)20/h2-11H,1H3. The molecule has 0 atom stereocenters. The number of fused-ring (bicyclic) bond motifs is 1. The minimum Gasteiger partial charge on any atom is -0.497 e. The van der Waals surface area contributed by atoms with Gasteiger partial charge in [-0.25, -0.2) is 0 Å². The SMILES string of the molecule is COc1ccc2cc(-c3cccc([N+](=O)[O-])c3)ccc2c1. The van der Waals surface area contributed by atoms with Crippen LogP contribution in [0.5, 0.6) is 5.75 Å². The molecule has 0 fully saturated rings. The third-order valence-electron chi connectivity index (χ3n) is 3.44. The maximum absolute atomic E-state index is 10.9. The van der Waals surface area contributed by atoms with Gasteiger partial charge in [-0.3, -0.25) is 10.1 Å². The van der Waals surface area contributed by atoms with Gasteiger partial charge in [-0.1, -0.05) is 30.3 Å². The number of non-ortho nitro benzene ring substituents is 1. The summed E-state index contributed by atoms with van der Waals surface area (Å²) in [4.78, 5) is 10.5. The van der Waals surface area contributed by atoms with E-state index < -0.39 is 0 Å². The molecule has 0 unspecified atom stereocenters. The van der Waals surface area contributed by atoms with E-state index in [1.165, 1.54) is 6.07 Å². The lowest BCUT2D eigenvalue weighted by molar-refractivity contribution is -0.384. The first-order valence-corrected chi connectivity index (χ1v) is 6.50. The molecule has 0 aliphatic heterocycles. The molecule has 0 spiro atoms. The van der Waals surface area contributed by atoms with Crippen molar-refractivity contribution in [2.24, 2.45) is 0 Å². The Morgan fingerprint density at radius 1 is 0.905 bits per heavy atom. The van der Waals surface area contributed by atoms with Gasteiger partial charge in [-0.2, -0.15) is 0 Å². The van der Waals surface area contributed by atoms with Crippen molar-refractivity contribution in [1.29, 1.82) is 0 Å². The fourth-order valence-electron chi connectivity index (χ4n) is 2.33. The number of ether oxygens (including phenoxy) is 1. The Balaban J connectivity index is 2.08. The van der Waals surface area contributed by atoms with Crippen molar-refractivity contribution >= 4 is 16.5 Å². The Morgan fingerprint density at radius 3 is 2.38 bits per heavy atom. The monoisotopic (exact) mass is 279 g/mol. The second-order valence-electron chi connectivity index (χ2n) is 4.74. The van der Waals surface area contributed by atoms with Gasteiger partial charge < -0.3 is 4.74 Å². The molecule has 0 bridgehead atoms. The quantitative estimate of drug-likeness (QED) is 0.526. The number of hydrogen-bond donors (Lipinski definition) is 0. The fraction of sp³-hybridized carbons (Fsp3) is 0.0588. The molecule has 3 aromatic rings. The largest absolute Gasteiger partial charge is 0.497 e. The number of methoxy groups -OCH3 is 1. The molecular formula is C17H13NO3. The van der Waals surface area contributed by atoms with E-state index in [-0.39, 0.29) is 10.6 Å². The molecule has 0 saturated carbocycles. The molecule has 104 valence electrons. The van der Waals surface area contributed by atoms with Crippen molar-refractivity contribution in [2.75, 3.05) is 7.11 Å². The van der Waals surface area contributed by atoms with Crippen LogP contribution in [0.1, 0.15) is 0 Å². The molecule has 0 saturated heterocycles. The Hall–Kier alpha value is -2.88. The van der Waals surface area contributed by atoms with Crippen LogP contribution >= 0.6 is 0 Å². The highest BCUT2D eigenvalue weighted by atomic mass is 16.6. The average Bonchev–Trinajstić information content (AvgIpc) is 2.54. The van der Waals surface area contributed by atoms with Crippen molar-refractivity contribution in [1.82, 2.24) is 0 Å². The second-order valence-corrected chi connectivity index (χ2v) is 4.74. The van der Waals surface area contributed by atoms with Crippen LogP contribution < -0.4 is 4.74 Å². The molecule has 21 heavy (non-hydrogen) atoms. The van der Waals surface area contributed by atoms with Gasteiger partial charge in [0.15, 0.2) is 0 Å². The van der Waals surface area contributed by atoms with E-state index in [1.54, 1.807) is 19.2 Å². The highest BCUT2D eigenvalue weighted by Gasteiger charge is 2.07. The van der Waals surface area contributed by atoms with Crippen molar-refractivity contribution in [2.45, 2.75) is 0 Å². The second kappa shape index (κ2) is 5.25. The molecule has 0 amide bonds. The Morgan fingerprint density at radius 2 is 1.62 bits per heavy atom. The Labute approximate surface area is 121 Å². The van der Waals surface area contributed by atoms with Gasteiger partial charge in [0.1, 0.15) is 5.75 Å². The lowest BCUT2D eigenvalue weighted by Crippen LogP contribution is -1.88. The lowest BCUT2D eigenvalue weighted by atomic mass is 10.0. The predicted octanol–water partition coefficient (Wildman–Crippen LogP) is 4.42. The zero-order valence-electron chi connectivity index (χ0n) is 11.4. The van der Waals surface area contributed by atoms with Gasteiger partial charge in [-0.05, 0) is 40.1 Å². The van der Waals surface area contributed by atoms with E-state index in [2.05, 4.69) is 0 Å². The van der Waals surface area contributed by atoms with E-state index in [9.17, 15) is 10.1 Å². The number of rotatable bonds is 3. The topological polar surface area (TPSA) is 52.4 Å². The van der Waals surface area contributed by atoms with Crippen LogP contribution in [0, 0.1) is 10.1 Å². The summed E-state index contributed by atoms with van der Waals surface area (Å²) in [6, 6.07) is 18.5. The molecule has 3 rings (SSSR count). The number of hydrogen-bond acceptors (Lipinski definition) is 3. The number of nitrogens with zero attached hydrogens (tertiary/aromatic N) is 1. The molecular weight excluding hydrogens is 266 g/mol. The predicted molar refractivity (Wildman–Crippen MR) is 82.6 cm³/mol. The first-order valence-electron chi connectivity index (χ1n) is 6.50. The van der Waals surface area contributed by atoms with Gasteiger partial charge in [0.25, 0.3) is 5.69 Å². The minimum atomic E-state index is -0.380. The maximum Gasteiger partial charge on any atom is 0.270 e. The van der Waals surface area contributed by atoms with Crippen LogP contribution in [0.3, 0.4) is 0 Å². The average molecular weight is 279 g/mol. The van der Waals surface area contributed by atoms with Crippen LogP contribution in [0.25, 0.3) is 21.9 Å². The van der Waals surface area contributed by atoms with E-state index in [1.807, 2.05) is 42.5 Å². The summed E-state index contributed by atoms with van der Waals surface area (Å²) in [5.41, 5.74) is 1.89. The zero-order valence-corrected chi connectivity index (χ0v) is 11.4. The van der Waals surface area contributed by atoms with Crippen LogP contribution in [-0.2, 0) is 0 Å². The van der Waals surface area contributed by atoms with Gasteiger partial charge in [-0.15, -0.1) is 0 Å². The molecule has 4 nitrogen and oxygen atoms in total. The summed E-state index contributed by atoms with van der Waals surface area (Å²) in [6.07, 6.45) is 0. The van der Waals surface area contributed by atoms with Crippen LogP contribution in [0.2, 0.25) is 0 Å². The normalized spacial score (nSPS) is 10.5. The van der Waals surface area contributed by atoms with Crippen molar-refractivity contribution in [3.8, 4) is 16.9 Å². The van der Waals surface area contributed by atoms with Gasteiger partial charge >= 0.3 is 0 Å². The minimum absolute atomic E-state index is 0.0994. The van der Waals surface area contributed by atoms with E-state index >= 15 is 0 Å². The molecule has 3 aromatic carbocycles. The van der Waals surface area contributed by atoms with E-state index in [4.69, 9.17) is 4.74 Å². The zero-order chi connectivity index (χ0) is 14.8. The van der Waals surface area contributed by atoms with Crippen molar-refractivity contribution < 1.29 is 9.66 Å². The third kappa shape index (κ3) is 2.56. The molecule has 0 aromatic heterocycles. The fourth-order valence-corrected chi connectivity index (χ4v) is 2.33. The molecule has 4 heteroatoms. The van der Waals surface area contributed by atoms with Gasteiger partial charge in [0.05, 0.1) is 12.0 Å². The summed E-state index contributed by atoms with van der Waals surface area (Å²) in [5.74, 6) is 0.811. The summed E-state index contributed by atoms with van der Waals surface area (Å²) in [5, 5.41) is 13.0. The van der Waals surface area contributed by atoms with Crippen LogP contribution in [0.4, 0.5) is 5.69 Å². The summed E-state index contributed by atoms with van der Waals surface area (Å²) in [7, 11) is 1.64. The summed E-state index contributed by atoms with van der Waals surface area (Å²) >= 11 is 0. The van der Waals surface area contributed by atoms with Gasteiger partial charge in [0, 0.05) is 12.1 Å². The van der Waals surface area contributed by atoms with E-state index in [0.29, 0.717) is 0 Å². The lowest BCUT2D eigenvalue weighted by Gasteiger charge is -2.06. The van der Waals surface area contributed by atoms with Gasteiger partial charge in [0.2, 0.25) is 0 Å². The molecule has 0 aliphatic carbocycles. The summed E-state index contributed by atoms with van der Waals surface area (Å²) < 4.78 is 5.20. The molecule has 0 aliphatic rings. The van der Waals surface area contributed by atoms with Crippen molar-refractivity contribution in [3.05, 3.63) is 70.8 Å². The highest BCUT2D eigenvalue weighted by molar-refractivity contribution is 5.88. The smallest absolute Gasteiger partial charge is 0.270 e. The first-order chi connectivity index (χ1) is 10.2. The van der Waals surface area contributed by atoms with Crippen LogP contribution in [0.15, 0.2) is 60.7 Å². The highest BCUT2D eigenvalue weighted by Crippen LogP contribution is 2.28. The van der Waals surface area contributed by atoms with Crippen LogP contribution in [-0.4, -0.2) is 12.0 Å². The Kier molecular flexibility index (Phi) is 3.28. The molecule has 0 N–H and O–H groups in total. The van der Waals surface area contributed by atoms with E-state index in [0.717, 1.165) is 27.6 Å². The number of benzene rings is 3. The maximum atomic E-state index is 10.9. The molecule has 0 radical (unpaired) electrons. The molecule has 0 heterocycles. The number of nitro groups is 1. The third-order valence-corrected chi connectivity index (χ3v) is 3.44. The summed E-state index contributed by atoms with van der Waals surface area (Å²) in [6.45, 7) is 0.